The number of piperidine rings is 1. The van der Waals surface area contributed by atoms with E-state index < -0.39 is 5.91 Å². The molecule has 0 saturated carbocycles. The van der Waals surface area contributed by atoms with Crippen LogP contribution in [0.4, 0.5) is 5.69 Å². The summed E-state index contributed by atoms with van der Waals surface area (Å²) in [6.07, 6.45) is 3.37. The summed E-state index contributed by atoms with van der Waals surface area (Å²) in [4.78, 5) is 14.7. The zero-order valence-corrected chi connectivity index (χ0v) is 15.6. The van der Waals surface area contributed by atoms with E-state index in [0.717, 1.165) is 32.5 Å². The van der Waals surface area contributed by atoms with Crippen molar-refractivity contribution < 1.29 is 9.90 Å². The number of phenolic OH excluding ortho intramolecular Hbond substituents is 1. The monoisotopic (exact) mass is 376 g/mol. The minimum atomic E-state index is -0.544. The second-order valence-corrected chi connectivity index (χ2v) is 6.84. The van der Waals surface area contributed by atoms with E-state index in [1.54, 1.807) is 18.2 Å². The van der Waals surface area contributed by atoms with E-state index in [2.05, 4.69) is 39.8 Å². The van der Waals surface area contributed by atoms with Gasteiger partial charge in [0, 0.05) is 31.9 Å². The molecule has 1 aliphatic rings. The second-order valence-electron chi connectivity index (χ2n) is 6.84. The van der Waals surface area contributed by atoms with Crippen molar-refractivity contribution >= 4 is 11.6 Å². The number of likely N-dealkylation sites (tertiary alicyclic amines) is 1. The molecule has 2 aromatic rings. The van der Waals surface area contributed by atoms with Crippen molar-refractivity contribution in [1.29, 1.82) is 5.26 Å². The Morgan fingerprint density at radius 2 is 1.82 bits per heavy atom. The van der Waals surface area contributed by atoms with Gasteiger partial charge in [0.1, 0.15) is 17.4 Å². The maximum Gasteiger partial charge on any atom is 0.267 e. The van der Waals surface area contributed by atoms with Gasteiger partial charge in [-0.05, 0) is 30.5 Å². The van der Waals surface area contributed by atoms with E-state index >= 15 is 0 Å². The van der Waals surface area contributed by atoms with Crippen LogP contribution in [0.2, 0.25) is 0 Å². The Morgan fingerprint density at radius 1 is 1.14 bits per heavy atom. The van der Waals surface area contributed by atoms with E-state index in [1.807, 2.05) is 12.1 Å². The largest absolute Gasteiger partial charge is 0.506 e. The average Bonchev–Trinajstić information content (AvgIpc) is 2.72. The zero-order valence-electron chi connectivity index (χ0n) is 15.6. The number of nitriles is 1. The molecule has 2 aromatic carbocycles. The maximum atomic E-state index is 12.3. The Hall–Kier alpha value is -3.30. The van der Waals surface area contributed by atoms with Gasteiger partial charge < -0.3 is 15.7 Å². The lowest BCUT2D eigenvalue weighted by atomic mass is 10.0. The van der Waals surface area contributed by atoms with Crippen molar-refractivity contribution in [1.82, 2.24) is 10.2 Å². The Labute approximate surface area is 165 Å². The Kier molecular flexibility index (Phi) is 6.66. The quantitative estimate of drug-likeness (QED) is 0.410. The maximum absolute atomic E-state index is 12.3. The van der Waals surface area contributed by atoms with Crippen LogP contribution in [0.5, 0.6) is 5.75 Å². The van der Waals surface area contributed by atoms with Gasteiger partial charge in [0.25, 0.3) is 5.91 Å². The summed E-state index contributed by atoms with van der Waals surface area (Å²) in [5.74, 6) is -0.579. The number of nitrogens with zero attached hydrogens (tertiary/aromatic N) is 2. The van der Waals surface area contributed by atoms with Crippen LogP contribution in [0.1, 0.15) is 18.4 Å². The summed E-state index contributed by atoms with van der Waals surface area (Å²) in [7, 11) is 0. The zero-order chi connectivity index (χ0) is 19.8. The number of aromatic hydroxyl groups is 1. The molecule has 0 unspecified atom stereocenters. The molecule has 1 heterocycles. The highest BCUT2D eigenvalue weighted by atomic mass is 16.3. The molecule has 0 bridgehead atoms. The van der Waals surface area contributed by atoms with Crippen LogP contribution in [0.3, 0.4) is 0 Å². The molecule has 1 aliphatic heterocycles. The van der Waals surface area contributed by atoms with E-state index in [0.29, 0.717) is 0 Å². The fourth-order valence-corrected chi connectivity index (χ4v) is 3.22. The van der Waals surface area contributed by atoms with E-state index in [1.165, 1.54) is 17.8 Å². The molecule has 1 saturated heterocycles. The van der Waals surface area contributed by atoms with Crippen molar-refractivity contribution in [3.05, 3.63) is 71.9 Å². The molecule has 6 nitrogen and oxygen atoms in total. The first-order valence-electron chi connectivity index (χ1n) is 9.37. The van der Waals surface area contributed by atoms with Gasteiger partial charge >= 0.3 is 0 Å². The first-order chi connectivity index (χ1) is 13.7. The number of hydrogen-bond acceptors (Lipinski definition) is 5. The van der Waals surface area contributed by atoms with Gasteiger partial charge in [0.05, 0.1) is 5.69 Å². The lowest BCUT2D eigenvalue weighted by Gasteiger charge is -2.32. The van der Waals surface area contributed by atoms with Crippen LogP contribution in [0.15, 0.2) is 66.4 Å². The van der Waals surface area contributed by atoms with Crippen molar-refractivity contribution in [2.45, 2.75) is 25.4 Å². The fraction of sp³-hybridized carbons (Fsp3) is 0.273. The Bertz CT molecular complexity index is 866. The number of phenols is 1. The summed E-state index contributed by atoms with van der Waals surface area (Å²) in [6.45, 7) is 2.87. The lowest BCUT2D eigenvalue weighted by Crippen LogP contribution is -2.40. The summed E-state index contributed by atoms with van der Waals surface area (Å²) in [5, 5.41) is 24.8. The molecule has 1 amide bonds. The fourth-order valence-electron chi connectivity index (χ4n) is 3.22. The summed E-state index contributed by atoms with van der Waals surface area (Å²) in [5.41, 5.74) is 1.57. The average molecular weight is 376 g/mol. The third kappa shape index (κ3) is 5.35. The van der Waals surface area contributed by atoms with Gasteiger partial charge in [-0.25, -0.2) is 0 Å². The standard InChI is InChI=1S/C22H24N4O2/c23-14-18(22(28)25-20-8-4-5-9-21(20)27)15-24-19-10-12-26(13-11-19)16-17-6-2-1-3-7-17/h1-9,15,19,24,27H,10-13,16H2,(H,25,28)/b18-15-. The molecule has 3 rings (SSSR count). The first-order valence-corrected chi connectivity index (χ1v) is 9.37. The predicted molar refractivity (Wildman–Crippen MR) is 108 cm³/mol. The van der Waals surface area contributed by atoms with Crippen LogP contribution in [0.25, 0.3) is 0 Å². The lowest BCUT2D eigenvalue weighted by molar-refractivity contribution is -0.112. The molecular weight excluding hydrogens is 352 g/mol. The van der Waals surface area contributed by atoms with Crippen molar-refractivity contribution in [2.24, 2.45) is 0 Å². The Balaban J connectivity index is 1.49. The minimum Gasteiger partial charge on any atom is -0.506 e. The van der Waals surface area contributed by atoms with Crippen LogP contribution in [-0.4, -0.2) is 35.0 Å². The third-order valence-electron chi connectivity index (χ3n) is 4.82. The van der Waals surface area contributed by atoms with E-state index in [-0.39, 0.29) is 23.1 Å². The Morgan fingerprint density at radius 3 is 2.50 bits per heavy atom. The summed E-state index contributed by atoms with van der Waals surface area (Å²) >= 11 is 0. The molecule has 0 aromatic heterocycles. The molecule has 0 radical (unpaired) electrons. The molecular formula is C22H24N4O2. The molecule has 3 N–H and O–H groups in total. The SMILES string of the molecule is N#C/C(=C/NC1CCN(Cc2ccccc2)CC1)C(=O)Nc1ccccc1O. The van der Waals surface area contributed by atoms with Gasteiger partial charge in [0.2, 0.25) is 0 Å². The summed E-state index contributed by atoms with van der Waals surface area (Å²) in [6, 6.07) is 19.0. The molecule has 0 spiro atoms. The minimum absolute atomic E-state index is 0.0185. The van der Waals surface area contributed by atoms with Gasteiger partial charge in [-0.2, -0.15) is 5.26 Å². The van der Waals surface area contributed by atoms with Crippen LogP contribution >= 0.6 is 0 Å². The highest BCUT2D eigenvalue weighted by Crippen LogP contribution is 2.22. The van der Waals surface area contributed by atoms with Gasteiger partial charge in [-0.3, -0.25) is 9.69 Å². The number of carbonyl (C=O) groups excluding carboxylic acids is 1. The molecule has 0 atom stereocenters. The van der Waals surface area contributed by atoms with Gasteiger partial charge in [-0.15, -0.1) is 0 Å². The molecule has 6 heteroatoms. The number of anilines is 1. The number of para-hydroxylation sites is 2. The molecule has 1 fully saturated rings. The number of nitrogens with one attached hydrogen (secondary N) is 2. The second kappa shape index (κ2) is 9.58. The van der Waals surface area contributed by atoms with Crippen molar-refractivity contribution in [3.63, 3.8) is 0 Å². The smallest absolute Gasteiger partial charge is 0.267 e. The molecule has 28 heavy (non-hydrogen) atoms. The van der Waals surface area contributed by atoms with Gasteiger partial charge in [-0.1, -0.05) is 42.5 Å². The third-order valence-corrected chi connectivity index (χ3v) is 4.82. The first kappa shape index (κ1) is 19.5. The summed E-state index contributed by atoms with van der Waals surface area (Å²) < 4.78 is 0. The van der Waals surface area contributed by atoms with Crippen molar-refractivity contribution in [2.75, 3.05) is 18.4 Å². The van der Waals surface area contributed by atoms with Gasteiger partial charge in [0.15, 0.2) is 0 Å². The van der Waals surface area contributed by atoms with E-state index in [4.69, 9.17) is 0 Å². The number of benzene rings is 2. The molecule has 144 valence electrons. The number of hydrogen-bond donors (Lipinski definition) is 3. The van der Waals surface area contributed by atoms with Crippen LogP contribution in [-0.2, 0) is 11.3 Å². The van der Waals surface area contributed by atoms with Crippen molar-refractivity contribution in [3.8, 4) is 11.8 Å². The molecule has 0 aliphatic carbocycles. The van der Waals surface area contributed by atoms with Crippen LogP contribution < -0.4 is 10.6 Å². The topological polar surface area (TPSA) is 88.4 Å². The highest BCUT2D eigenvalue weighted by molar-refractivity contribution is 6.07. The highest BCUT2D eigenvalue weighted by Gasteiger charge is 2.19. The predicted octanol–water partition coefficient (Wildman–Crippen LogP) is 2.99. The number of amides is 1. The van der Waals surface area contributed by atoms with E-state index in [9.17, 15) is 15.2 Å². The van der Waals surface area contributed by atoms with Crippen LogP contribution in [0, 0.1) is 11.3 Å². The number of carbonyl (C=O) groups is 1. The number of rotatable bonds is 6. The normalized spacial score (nSPS) is 15.6.